The molecule has 2 amide bonds. The Morgan fingerprint density at radius 2 is 1.56 bits per heavy atom. The number of Topliss-reactive ketones (excluding diaryl/α,β-unsaturated/α-hetero) is 2. The summed E-state index contributed by atoms with van der Waals surface area (Å²) in [7, 11) is 0. The molecule has 188 valence electrons. The summed E-state index contributed by atoms with van der Waals surface area (Å²) in [4.78, 5) is 49.4. The minimum Gasteiger partial charge on any atom is -0.379 e. The van der Waals surface area contributed by atoms with Gasteiger partial charge in [0.05, 0.1) is 25.2 Å². The first-order chi connectivity index (χ1) is 16.1. The van der Waals surface area contributed by atoms with Gasteiger partial charge in [-0.15, -0.1) is 0 Å². The fraction of sp³-hybridized carbons (Fsp3) is 0.630. The topological polar surface area (TPSA) is 90.0 Å². The monoisotopic (exact) mass is 473 g/mol. The minimum atomic E-state index is -0.664. The lowest BCUT2D eigenvalue weighted by Crippen LogP contribution is -2.34. The molecule has 0 unspecified atom stereocenters. The van der Waals surface area contributed by atoms with Gasteiger partial charge in [-0.1, -0.05) is 52.0 Å². The van der Waals surface area contributed by atoms with E-state index in [0.29, 0.717) is 58.0 Å². The molecule has 7 heteroatoms. The molecule has 0 aliphatic carbocycles. The Hall–Kier alpha value is -2.38. The molecule has 2 rings (SSSR count). The van der Waals surface area contributed by atoms with Crippen molar-refractivity contribution in [1.82, 2.24) is 4.90 Å². The number of ketones is 2. The molecule has 7 nitrogen and oxygen atoms in total. The summed E-state index contributed by atoms with van der Waals surface area (Å²) in [6, 6.07) is 8.17. The Balaban J connectivity index is 1.45. The first-order valence-electron chi connectivity index (χ1n) is 12.2. The summed E-state index contributed by atoms with van der Waals surface area (Å²) in [6.07, 6.45) is 2.13. The number of likely N-dealkylation sites (tertiary alicyclic amines) is 1. The third-order valence-corrected chi connectivity index (χ3v) is 6.02. The zero-order valence-electron chi connectivity index (χ0n) is 21.1. The van der Waals surface area contributed by atoms with E-state index in [-0.39, 0.29) is 42.8 Å². The number of rotatable bonds is 16. The van der Waals surface area contributed by atoms with Crippen molar-refractivity contribution in [2.45, 2.75) is 72.1 Å². The van der Waals surface area contributed by atoms with Crippen molar-refractivity contribution in [2.24, 2.45) is 5.41 Å². The minimum absolute atomic E-state index is 0.0162. The molecule has 0 aromatic heterocycles. The van der Waals surface area contributed by atoms with Crippen LogP contribution in [0, 0.1) is 5.41 Å². The molecule has 1 saturated heterocycles. The second kappa shape index (κ2) is 13.5. The van der Waals surface area contributed by atoms with E-state index >= 15 is 0 Å². The van der Waals surface area contributed by atoms with E-state index in [9.17, 15) is 19.2 Å². The van der Waals surface area contributed by atoms with Gasteiger partial charge in [-0.2, -0.15) is 0 Å². The predicted molar refractivity (Wildman–Crippen MR) is 129 cm³/mol. The van der Waals surface area contributed by atoms with Gasteiger partial charge in [0.2, 0.25) is 11.8 Å². The first kappa shape index (κ1) is 27.9. The normalized spacial score (nSPS) is 15.4. The highest BCUT2D eigenvalue weighted by molar-refractivity contribution is 6.05. The average molecular weight is 474 g/mol. The number of benzene rings is 1. The number of imide groups is 1. The van der Waals surface area contributed by atoms with Gasteiger partial charge in [0, 0.05) is 45.3 Å². The summed E-state index contributed by atoms with van der Waals surface area (Å²) in [5, 5.41) is 0. The fourth-order valence-corrected chi connectivity index (χ4v) is 3.83. The maximum atomic E-state index is 12.2. The SMILES string of the molecule is CC(C)c1ccc(CC(=O)CCOCCOCCCC(=O)CCN2C(=O)CC(C)(C)C2=O)cc1. The summed E-state index contributed by atoms with van der Waals surface area (Å²) in [5.41, 5.74) is 1.63. The van der Waals surface area contributed by atoms with Crippen molar-refractivity contribution in [3.05, 3.63) is 35.4 Å². The highest BCUT2D eigenvalue weighted by Gasteiger charge is 2.44. The summed E-state index contributed by atoms with van der Waals surface area (Å²) in [6.45, 7) is 9.57. The van der Waals surface area contributed by atoms with E-state index in [4.69, 9.17) is 9.47 Å². The fourth-order valence-electron chi connectivity index (χ4n) is 3.83. The van der Waals surface area contributed by atoms with Crippen LogP contribution in [0.5, 0.6) is 0 Å². The average Bonchev–Trinajstić information content (AvgIpc) is 2.97. The molecule has 34 heavy (non-hydrogen) atoms. The highest BCUT2D eigenvalue weighted by Crippen LogP contribution is 2.31. The van der Waals surface area contributed by atoms with Gasteiger partial charge in [0.15, 0.2) is 0 Å². The Labute approximate surface area is 203 Å². The van der Waals surface area contributed by atoms with Crippen LogP contribution in [0.25, 0.3) is 0 Å². The van der Waals surface area contributed by atoms with Crippen LogP contribution in [-0.2, 0) is 35.1 Å². The van der Waals surface area contributed by atoms with Crippen LogP contribution < -0.4 is 0 Å². The zero-order chi connectivity index (χ0) is 25.1. The smallest absolute Gasteiger partial charge is 0.235 e. The third-order valence-electron chi connectivity index (χ3n) is 6.02. The van der Waals surface area contributed by atoms with Crippen molar-refractivity contribution < 1.29 is 28.7 Å². The van der Waals surface area contributed by atoms with Crippen molar-refractivity contribution in [2.75, 3.05) is 33.0 Å². The number of hydrogen-bond donors (Lipinski definition) is 0. The van der Waals surface area contributed by atoms with E-state index in [1.54, 1.807) is 13.8 Å². The maximum absolute atomic E-state index is 12.2. The van der Waals surface area contributed by atoms with Crippen molar-refractivity contribution in [3.63, 3.8) is 0 Å². The van der Waals surface area contributed by atoms with Crippen molar-refractivity contribution >= 4 is 23.4 Å². The molecule has 0 saturated carbocycles. The number of hydrogen-bond acceptors (Lipinski definition) is 6. The molecule has 1 heterocycles. The van der Waals surface area contributed by atoms with E-state index in [2.05, 4.69) is 26.0 Å². The Bertz CT molecular complexity index is 843. The molecule has 1 aromatic carbocycles. The van der Waals surface area contributed by atoms with Gasteiger partial charge in [-0.25, -0.2) is 0 Å². The van der Waals surface area contributed by atoms with Crippen LogP contribution in [0.15, 0.2) is 24.3 Å². The van der Waals surface area contributed by atoms with Crippen molar-refractivity contribution in [1.29, 1.82) is 0 Å². The van der Waals surface area contributed by atoms with Crippen LogP contribution in [0.2, 0.25) is 0 Å². The molecule has 1 fully saturated rings. The Kier molecular flexibility index (Phi) is 11.1. The van der Waals surface area contributed by atoms with Gasteiger partial charge in [0.25, 0.3) is 0 Å². The number of carbonyl (C=O) groups is 4. The van der Waals surface area contributed by atoms with Gasteiger partial charge in [-0.3, -0.25) is 24.1 Å². The molecule has 0 bridgehead atoms. The maximum Gasteiger partial charge on any atom is 0.235 e. The number of ether oxygens (including phenoxy) is 2. The van der Waals surface area contributed by atoms with E-state index in [1.165, 1.54) is 10.5 Å². The first-order valence-corrected chi connectivity index (χ1v) is 12.2. The number of amides is 2. The standard InChI is InChI=1S/C27H39NO6/c1-20(2)22-9-7-21(8-10-22)18-24(30)12-15-34-17-16-33-14-5-6-23(29)11-13-28-25(31)19-27(3,4)26(28)32/h7-10,20H,5-6,11-19H2,1-4H3. The van der Waals surface area contributed by atoms with Crippen LogP contribution in [0.1, 0.15) is 76.8 Å². The zero-order valence-corrected chi connectivity index (χ0v) is 21.1. The summed E-state index contributed by atoms with van der Waals surface area (Å²) < 4.78 is 10.9. The second-order valence-electron chi connectivity index (χ2n) is 9.89. The molecular weight excluding hydrogens is 434 g/mol. The number of nitrogens with zero attached hydrogens (tertiary/aromatic N) is 1. The van der Waals surface area contributed by atoms with E-state index in [1.807, 2.05) is 12.1 Å². The van der Waals surface area contributed by atoms with Crippen LogP contribution in [-0.4, -0.2) is 61.3 Å². The summed E-state index contributed by atoms with van der Waals surface area (Å²) >= 11 is 0. The number of carbonyl (C=O) groups excluding carboxylic acids is 4. The highest BCUT2D eigenvalue weighted by atomic mass is 16.5. The predicted octanol–water partition coefficient (Wildman–Crippen LogP) is 3.87. The lowest BCUT2D eigenvalue weighted by molar-refractivity contribution is -0.141. The van der Waals surface area contributed by atoms with Crippen molar-refractivity contribution in [3.8, 4) is 0 Å². The summed E-state index contributed by atoms with van der Waals surface area (Å²) in [5.74, 6) is 0.247. The van der Waals surface area contributed by atoms with Crippen LogP contribution >= 0.6 is 0 Å². The van der Waals surface area contributed by atoms with Crippen LogP contribution in [0.3, 0.4) is 0 Å². The molecule has 1 aromatic rings. The molecule has 0 N–H and O–H groups in total. The molecular formula is C27H39NO6. The molecule has 0 spiro atoms. The molecule has 1 aliphatic heterocycles. The Morgan fingerprint density at radius 1 is 0.912 bits per heavy atom. The van der Waals surface area contributed by atoms with E-state index in [0.717, 1.165) is 5.56 Å². The van der Waals surface area contributed by atoms with Gasteiger partial charge >= 0.3 is 0 Å². The molecule has 0 radical (unpaired) electrons. The third kappa shape index (κ3) is 9.11. The molecule has 1 aliphatic rings. The molecule has 0 atom stereocenters. The lowest BCUT2D eigenvalue weighted by Gasteiger charge is -2.17. The second-order valence-corrected chi connectivity index (χ2v) is 9.89. The van der Waals surface area contributed by atoms with E-state index < -0.39 is 5.41 Å². The van der Waals surface area contributed by atoms with Gasteiger partial charge in [-0.05, 0) is 23.5 Å². The lowest BCUT2D eigenvalue weighted by atomic mass is 9.92. The quantitative estimate of drug-likeness (QED) is 0.267. The Morgan fingerprint density at radius 3 is 2.15 bits per heavy atom. The largest absolute Gasteiger partial charge is 0.379 e. The van der Waals surface area contributed by atoms with Gasteiger partial charge in [0.1, 0.15) is 11.6 Å². The van der Waals surface area contributed by atoms with Gasteiger partial charge < -0.3 is 9.47 Å². The van der Waals surface area contributed by atoms with Crippen LogP contribution in [0.4, 0.5) is 0 Å².